The first-order valence-corrected chi connectivity index (χ1v) is 12.1. The van der Waals surface area contributed by atoms with Gasteiger partial charge in [0, 0.05) is 18.1 Å². The van der Waals surface area contributed by atoms with Crippen LogP contribution in [0.25, 0.3) is 0 Å². The number of Topliss-reactive ketones (excluding diaryl/α,β-unsaturated/α-hetero) is 1. The van der Waals surface area contributed by atoms with Crippen LogP contribution in [-0.2, 0) is 30.2 Å². The molecule has 1 fully saturated rings. The molecule has 0 saturated carbocycles. The summed E-state index contributed by atoms with van der Waals surface area (Å²) in [5.41, 5.74) is 1.28. The van der Waals surface area contributed by atoms with Crippen molar-refractivity contribution < 1.29 is 23.8 Å². The van der Waals surface area contributed by atoms with Gasteiger partial charge in [0.1, 0.15) is 6.42 Å². The summed E-state index contributed by atoms with van der Waals surface area (Å²) in [5.74, 6) is -0.511. The van der Waals surface area contributed by atoms with Crippen LogP contribution >= 0.6 is 11.8 Å². The molecule has 2 rings (SSSR count). The molecule has 0 N–H and O–H groups in total. The number of carbonyl (C=O) groups is 2. The number of esters is 1. The van der Waals surface area contributed by atoms with E-state index in [1.807, 2.05) is 13.8 Å². The fourth-order valence-electron chi connectivity index (χ4n) is 3.16. The lowest BCUT2D eigenvalue weighted by molar-refractivity contribution is -0.162. The Labute approximate surface area is 185 Å². The highest BCUT2D eigenvalue weighted by molar-refractivity contribution is 8.00. The number of unbranched alkanes of at least 4 members (excludes halogenated alkanes) is 2. The number of thioether (sulfide) groups is 1. The Morgan fingerprint density at radius 1 is 1.13 bits per heavy atom. The maximum Gasteiger partial charge on any atom is 0.313 e. The molecular formula is C24H36O5S. The lowest BCUT2D eigenvalue weighted by Crippen LogP contribution is -2.22. The largest absolute Gasteiger partial charge is 0.465 e. The van der Waals surface area contributed by atoms with Crippen LogP contribution in [0.15, 0.2) is 29.2 Å². The Morgan fingerprint density at radius 3 is 2.63 bits per heavy atom. The van der Waals surface area contributed by atoms with Gasteiger partial charge in [-0.15, -0.1) is 11.8 Å². The average molecular weight is 437 g/mol. The van der Waals surface area contributed by atoms with Gasteiger partial charge in [-0.2, -0.15) is 0 Å². The van der Waals surface area contributed by atoms with E-state index < -0.39 is 5.97 Å². The molecule has 168 valence electrons. The van der Waals surface area contributed by atoms with Gasteiger partial charge in [0.15, 0.2) is 12.1 Å². The van der Waals surface area contributed by atoms with Crippen molar-refractivity contribution in [1.82, 2.24) is 0 Å². The summed E-state index contributed by atoms with van der Waals surface area (Å²) in [6, 6.07) is 8.33. The third-order valence-electron chi connectivity index (χ3n) is 5.07. The van der Waals surface area contributed by atoms with E-state index in [1.165, 1.54) is 23.7 Å². The molecule has 1 aliphatic heterocycles. The molecule has 30 heavy (non-hydrogen) atoms. The zero-order valence-electron chi connectivity index (χ0n) is 18.4. The molecule has 2 unspecified atom stereocenters. The quantitative estimate of drug-likeness (QED) is 0.170. The SMILES string of the molecule is CCCCOC(=O)CC(=O)C(C)Sc1ccc(CCCCOC2CCCCO2)cc1. The summed E-state index contributed by atoms with van der Waals surface area (Å²) in [6.45, 7) is 5.84. The predicted octanol–water partition coefficient (Wildman–Crippen LogP) is 5.34. The highest BCUT2D eigenvalue weighted by Crippen LogP contribution is 2.25. The Morgan fingerprint density at radius 2 is 1.93 bits per heavy atom. The maximum absolute atomic E-state index is 12.2. The fraction of sp³-hybridized carbons (Fsp3) is 0.667. The van der Waals surface area contributed by atoms with Crippen LogP contribution in [0.4, 0.5) is 0 Å². The molecule has 0 aromatic heterocycles. The zero-order valence-corrected chi connectivity index (χ0v) is 19.2. The summed E-state index contributed by atoms with van der Waals surface area (Å²) < 4.78 is 16.4. The van der Waals surface area contributed by atoms with Crippen LogP contribution in [0.1, 0.15) is 70.8 Å². The summed E-state index contributed by atoms with van der Waals surface area (Å²) in [4.78, 5) is 25.0. The molecule has 5 nitrogen and oxygen atoms in total. The minimum Gasteiger partial charge on any atom is -0.465 e. The molecule has 1 aliphatic rings. The lowest BCUT2D eigenvalue weighted by Gasteiger charge is -2.22. The van der Waals surface area contributed by atoms with Gasteiger partial charge >= 0.3 is 5.97 Å². The second-order valence-corrected chi connectivity index (χ2v) is 9.16. The Bertz CT molecular complexity index is 625. The number of ketones is 1. The van der Waals surface area contributed by atoms with Crippen LogP contribution < -0.4 is 0 Å². The molecule has 2 atom stereocenters. The van der Waals surface area contributed by atoms with Crippen LogP contribution in [0, 0.1) is 0 Å². The number of aryl methyl sites for hydroxylation is 1. The number of hydrogen-bond donors (Lipinski definition) is 0. The van der Waals surface area contributed by atoms with Crippen molar-refractivity contribution in [2.45, 2.75) is 88.1 Å². The van der Waals surface area contributed by atoms with Crippen molar-refractivity contribution in [2.24, 2.45) is 0 Å². The number of benzene rings is 1. The van der Waals surface area contributed by atoms with Crippen molar-refractivity contribution in [1.29, 1.82) is 0 Å². The predicted molar refractivity (Wildman–Crippen MR) is 120 cm³/mol. The van der Waals surface area contributed by atoms with Crippen LogP contribution in [0.2, 0.25) is 0 Å². The van der Waals surface area contributed by atoms with E-state index in [-0.39, 0.29) is 23.7 Å². The van der Waals surface area contributed by atoms with Crippen LogP contribution in [0.5, 0.6) is 0 Å². The van der Waals surface area contributed by atoms with Gasteiger partial charge in [-0.1, -0.05) is 25.5 Å². The Hall–Kier alpha value is -1.37. The standard InChI is InChI=1S/C24H36O5S/c1-3-4-15-27-23(26)18-22(25)19(2)30-21-13-11-20(12-14-21)9-5-7-16-28-24-10-6-8-17-29-24/h11-14,19,24H,3-10,15-18H2,1-2H3. The van der Waals surface area contributed by atoms with Crippen molar-refractivity contribution in [3.63, 3.8) is 0 Å². The van der Waals surface area contributed by atoms with Crippen LogP contribution in [0.3, 0.4) is 0 Å². The normalized spacial score (nSPS) is 17.5. The first-order valence-electron chi connectivity index (χ1n) is 11.3. The van der Waals surface area contributed by atoms with E-state index in [0.717, 1.165) is 63.1 Å². The van der Waals surface area contributed by atoms with E-state index in [4.69, 9.17) is 14.2 Å². The molecule has 1 heterocycles. The van der Waals surface area contributed by atoms with Gasteiger partial charge in [0.25, 0.3) is 0 Å². The summed E-state index contributed by atoms with van der Waals surface area (Å²) in [5, 5.41) is -0.270. The molecule has 0 aliphatic carbocycles. The van der Waals surface area contributed by atoms with Crippen molar-refractivity contribution in [3.05, 3.63) is 29.8 Å². The molecular weight excluding hydrogens is 400 g/mol. The molecule has 1 saturated heterocycles. The smallest absolute Gasteiger partial charge is 0.313 e. The van der Waals surface area contributed by atoms with E-state index in [0.29, 0.717) is 6.61 Å². The lowest BCUT2D eigenvalue weighted by atomic mass is 10.1. The molecule has 1 aromatic rings. The van der Waals surface area contributed by atoms with Gasteiger partial charge in [0.2, 0.25) is 0 Å². The second kappa shape index (κ2) is 14.6. The summed E-state index contributed by atoms with van der Waals surface area (Å²) in [7, 11) is 0. The topological polar surface area (TPSA) is 61.8 Å². The maximum atomic E-state index is 12.2. The van der Waals surface area contributed by atoms with Gasteiger partial charge in [0.05, 0.1) is 11.9 Å². The third kappa shape index (κ3) is 10.1. The molecule has 0 amide bonds. The van der Waals surface area contributed by atoms with Gasteiger partial charge < -0.3 is 14.2 Å². The number of ether oxygens (including phenoxy) is 3. The fourth-order valence-corrected chi connectivity index (χ4v) is 4.08. The highest BCUT2D eigenvalue weighted by atomic mass is 32.2. The number of rotatable bonds is 14. The Kier molecular flexibility index (Phi) is 12.1. The van der Waals surface area contributed by atoms with Gasteiger partial charge in [-0.05, 0) is 69.6 Å². The van der Waals surface area contributed by atoms with Crippen LogP contribution in [-0.4, -0.2) is 43.1 Å². The highest BCUT2D eigenvalue weighted by Gasteiger charge is 2.19. The Balaban J connectivity index is 1.62. The van der Waals surface area contributed by atoms with E-state index in [1.54, 1.807) is 0 Å². The minimum atomic E-state index is -0.421. The molecule has 1 aromatic carbocycles. The average Bonchev–Trinajstić information content (AvgIpc) is 2.75. The van der Waals surface area contributed by atoms with Crippen molar-refractivity contribution >= 4 is 23.5 Å². The molecule has 6 heteroatoms. The third-order valence-corrected chi connectivity index (χ3v) is 6.23. The number of hydrogen-bond acceptors (Lipinski definition) is 6. The molecule has 0 spiro atoms. The van der Waals surface area contributed by atoms with Gasteiger partial charge in [-0.3, -0.25) is 9.59 Å². The van der Waals surface area contributed by atoms with Gasteiger partial charge in [-0.25, -0.2) is 0 Å². The first kappa shape index (κ1) is 24.9. The van der Waals surface area contributed by atoms with E-state index in [2.05, 4.69) is 24.3 Å². The summed E-state index contributed by atoms with van der Waals surface area (Å²) >= 11 is 1.49. The summed E-state index contributed by atoms with van der Waals surface area (Å²) in [6.07, 6.45) is 8.12. The minimum absolute atomic E-state index is 0.00189. The van der Waals surface area contributed by atoms with E-state index in [9.17, 15) is 9.59 Å². The first-order chi connectivity index (χ1) is 14.6. The van der Waals surface area contributed by atoms with Crippen molar-refractivity contribution in [3.8, 4) is 0 Å². The monoisotopic (exact) mass is 436 g/mol. The van der Waals surface area contributed by atoms with Crippen molar-refractivity contribution in [2.75, 3.05) is 19.8 Å². The second-order valence-electron chi connectivity index (χ2n) is 7.75. The zero-order chi connectivity index (χ0) is 21.6. The number of carbonyl (C=O) groups excluding carboxylic acids is 2. The molecule has 0 radical (unpaired) electrons. The molecule has 0 bridgehead atoms. The van der Waals surface area contributed by atoms with E-state index >= 15 is 0 Å².